The van der Waals surface area contributed by atoms with Gasteiger partial charge in [0.05, 0.1) is 6.20 Å². The number of nitrogens with one attached hydrogen (secondary N) is 2. The molecule has 0 fully saturated rings. The number of urea groups is 1. The third-order valence-corrected chi connectivity index (χ3v) is 0.967. The molecular formula is C6H8ClN3O5. The van der Waals surface area contributed by atoms with Crippen LogP contribution < -0.4 is 34.7 Å². The number of carbonyl (C=O) groups is 1. The van der Waals surface area contributed by atoms with E-state index >= 15 is 0 Å². The minimum atomic E-state index is -4.94. The highest BCUT2D eigenvalue weighted by Gasteiger charge is 2.01. The molecule has 1 heterocycles. The Morgan fingerprint density at radius 3 is 2.20 bits per heavy atom. The third-order valence-electron chi connectivity index (χ3n) is 0.967. The molecule has 8 nitrogen and oxygen atoms in total. The molecule has 2 amide bonds. The second-order valence-electron chi connectivity index (χ2n) is 2.14. The van der Waals surface area contributed by atoms with Gasteiger partial charge in [-0.1, -0.05) is 6.07 Å². The van der Waals surface area contributed by atoms with Crippen LogP contribution in [-0.2, 0) is 0 Å². The lowest BCUT2D eigenvalue weighted by Gasteiger charge is -2.17. The average molecular weight is 238 g/mol. The summed E-state index contributed by atoms with van der Waals surface area (Å²) in [6.45, 7) is 0. The van der Waals surface area contributed by atoms with Gasteiger partial charge < -0.3 is 5.73 Å². The minimum absolute atomic E-state index is 0.567. The number of carbonyl (C=O) groups excluding carboxylic acids is 1. The fraction of sp³-hybridized carbons (Fsp3) is 0. The molecule has 1 rings (SSSR count). The smallest absolute Gasteiger partial charge is 0.331 e. The summed E-state index contributed by atoms with van der Waals surface area (Å²) >= 11 is 0. The summed E-state index contributed by atoms with van der Waals surface area (Å²) < 4.78 is 34.0. The Bertz CT molecular complexity index is 295. The predicted octanol–water partition coefficient (Wildman–Crippen LogP) is -4.76. The van der Waals surface area contributed by atoms with Crippen LogP contribution >= 0.6 is 0 Å². The Labute approximate surface area is 86.7 Å². The van der Waals surface area contributed by atoms with Crippen molar-refractivity contribution in [3.05, 3.63) is 24.4 Å². The van der Waals surface area contributed by atoms with Crippen molar-refractivity contribution in [1.29, 1.82) is 0 Å². The lowest BCUT2D eigenvalue weighted by molar-refractivity contribution is -2.00. The number of hydrogen-bond donors (Lipinski definition) is 2. The van der Waals surface area contributed by atoms with Gasteiger partial charge in [-0.2, -0.15) is 5.32 Å². The summed E-state index contributed by atoms with van der Waals surface area (Å²) in [6, 6.07) is 4.75. The van der Waals surface area contributed by atoms with Gasteiger partial charge in [0, 0.05) is 6.07 Å². The molecule has 0 unspecified atom stereocenters. The summed E-state index contributed by atoms with van der Waals surface area (Å²) in [6.07, 6.45) is 1.70. The van der Waals surface area contributed by atoms with Gasteiger partial charge in [-0.25, -0.2) is 28.4 Å². The van der Waals surface area contributed by atoms with Crippen LogP contribution in [0.4, 0.5) is 10.6 Å². The van der Waals surface area contributed by atoms with Gasteiger partial charge in [0.2, 0.25) is 0 Å². The molecule has 1 aromatic heterocycles. The molecule has 0 radical (unpaired) electrons. The lowest BCUT2D eigenvalue weighted by atomic mass is 10.5. The number of aromatic nitrogens is 1. The summed E-state index contributed by atoms with van der Waals surface area (Å²) in [5.74, 6) is 0.593. The van der Waals surface area contributed by atoms with Crippen molar-refractivity contribution in [3.63, 3.8) is 0 Å². The Hall–Kier alpha value is -1.45. The van der Waals surface area contributed by atoms with Crippen LogP contribution in [0.3, 0.4) is 0 Å². The first-order valence-electron chi connectivity index (χ1n) is 3.44. The van der Waals surface area contributed by atoms with Crippen molar-refractivity contribution < 1.29 is 38.7 Å². The average Bonchev–Trinajstić information content (AvgIpc) is 2.01. The molecule has 0 aromatic carbocycles. The molecule has 0 bridgehead atoms. The summed E-state index contributed by atoms with van der Waals surface area (Å²) in [5, 5.41) is 2.39. The molecule has 0 atom stereocenters. The number of rotatable bonds is 1. The van der Waals surface area contributed by atoms with Crippen molar-refractivity contribution in [2.24, 2.45) is 5.73 Å². The highest BCUT2D eigenvalue weighted by Crippen LogP contribution is 1.91. The topological polar surface area (TPSA) is 162 Å². The fourth-order valence-corrected chi connectivity index (χ4v) is 0.604. The molecule has 0 aliphatic heterocycles. The van der Waals surface area contributed by atoms with Gasteiger partial charge in [-0.05, 0) is 6.07 Å². The highest BCUT2D eigenvalue weighted by atomic mass is 35.7. The van der Waals surface area contributed by atoms with Gasteiger partial charge in [0.1, 0.15) is 0 Å². The number of pyridine rings is 1. The molecule has 0 aliphatic rings. The summed E-state index contributed by atoms with van der Waals surface area (Å²) in [5.41, 5.74) is 4.85. The molecule has 0 spiro atoms. The van der Waals surface area contributed by atoms with Gasteiger partial charge in [-0.15, -0.1) is 10.2 Å². The monoisotopic (exact) mass is 237 g/mol. The van der Waals surface area contributed by atoms with Crippen LogP contribution in [0, 0.1) is 10.2 Å². The number of amides is 2. The number of aromatic amines is 1. The van der Waals surface area contributed by atoms with Crippen molar-refractivity contribution in [3.8, 4) is 0 Å². The van der Waals surface area contributed by atoms with Crippen LogP contribution in [0.15, 0.2) is 24.4 Å². The van der Waals surface area contributed by atoms with Gasteiger partial charge in [-0.3, -0.25) is 0 Å². The normalized spacial score (nSPS) is 9.87. The number of hydrogen-bond acceptors (Lipinski definition) is 5. The molecule has 1 aromatic rings. The van der Waals surface area contributed by atoms with E-state index in [-0.39, 0.29) is 0 Å². The number of primary amides is 1. The number of anilines is 1. The molecule has 0 saturated heterocycles. The van der Waals surface area contributed by atoms with E-state index in [2.05, 4.69) is 10.3 Å². The van der Waals surface area contributed by atoms with Crippen LogP contribution in [0.5, 0.6) is 0 Å². The Morgan fingerprint density at radius 1 is 1.33 bits per heavy atom. The number of halogens is 1. The van der Waals surface area contributed by atoms with Crippen molar-refractivity contribution in [1.82, 2.24) is 0 Å². The summed E-state index contributed by atoms with van der Waals surface area (Å²) in [4.78, 5) is 13.0. The number of H-pyrrole nitrogens is 1. The van der Waals surface area contributed by atoms with E-state index in [1.54, 1.807) is 18.3 Å². The summed E-state index contributed by atoms with van der Waals surface area (Å²) in [7, 11) is -4.94. The zero-order valence-corrected chi connectivity index (χ0v) is 8.06. The van der Waals surface area contributed by atoms with Gasteiger partial charge >= 0.3 is 6.03 Å². The minimum Gasteiger partial charge on any atom is -0.331 e. The van der Waals surface area contributed by atoms with E-state index in [1.165, 1.54) is 0 Å². The molecule has 15 heavy (non-hydrogen) atoms. The maximum Gasteiger partial charge on any atom is 0.404 e. The van der Waals surface area contributed by atoms with E-state index in [4.69, 9.17) is 24.4 Å². The predicted molar refractivity (Wildman–Crippen MR) is 36.2 cm³/mol. The Morgan fingerprint density at radius 2 is 1.87 bits per heavy atom. The first kappa shape index (κ1) is 13.5. The quantitative estimate of drug-likeness (QED) is 0.500. The molecule has 0 aliphatic carbocycles. The van der Waals surface area contributed by atoms with E-state index in [0.29, 0.717) is 5.82 Å². The maximum atomic E-state index is 10.3. The molecule has 0 saturated carbocycles. The molecule has 4 N–H and O–H groups in total. The van der Waals surface area contributed by atoms with Gasteiger partial charge in [0.25, 0.3) is 5.82 Å². The first-order valence-corrected chi connectivity index (χ1v) is 4.67. The lowest BCUT2D eigenvalue weighted by Crippen LogP contribution is -2.68. The standard InChI is InChI=1S/C6H7N3O.ClHO4/c7-6(10)9-5-3-1-2-4-8-5;2-1(3,4)5/h1-4H,(H3,7,8,9,10);(H,2,3,4,5). The van der Waals surface area contributed by atoms with E-state index < -0.39 is 16.3 Å². The largest absolute Gasteiger partial charge is 0.404 e. The second-order valence-corrected chi connectivity index (χ2v) is 2.90. The van der Waals surface area contributed by atoms with Crippen molar-refractivity contribution in [2.75, 3.05) is 5.32 Å². The molecule has 84 valence electrons. The second kappa shape index (κ2) is 6.11. The van der Waals surface area contributed by atoms with Crippen molar-refractivity contribution in [2.45, 2.75) is 0 Å². The van der Waals surface area contributed by atoms with Crippen LogP contribution in [0.1, 0.15) is 0 Å². The van der Waals surface area contributed by atoms with Crippen molar-refractivity contribution >= 4 is 11.8 Å². The SMILES string of the molecule is NC(=O)Nc1cccc[nH+]1.[O-][Cl+3]([O-])([O-])[O-]. The zero-order valence-electron chi connectivity index (χ0n) is 7.31. The van der Waals surface area contributed by atoms with E-state index in [9.17, 15) is 4.79 Å². The third kappa shape index (κ3) is 12.5. The van der Waals surface area contributed by atoms with Crippen LogP contribution in [-0.4, -0.2) is 6.03 Å². The Balaban J connectivity index is 0.000000336. The van der Waals surface area contributed by atoms with Crippen LogP contribution in [0.2, 0.25) is 0 Å². The highest BCUT2D eigenvalue weighted by molar-refractivity contribution is 5.85. The Kier molecular flexibility index (Phi) is 5.52. The molecule has 9 heteroatoms. The molecular weight excluding hydrogens is 230 g/mol. The van der Waals surface area contributed by atoms with Crippen LogP contribution in [0.25, 0.3) is 0 Å². The zero-order chi connectivity index (χ0) is 11.9. The van der Waals surface area contributed by atoms with E-state index in [1.807, 2.05) is 6.07 Å². The van der Waals surface area contributed by atoms with E-state index in [0.717, 1.165) is 0 Å². The fourth-order valence-electron chi connectivity index (χ4n) is 0.604. The first-order chi connectivity index (χ1) is 6.79. The van der Waals surface area contributed by atoms with Gasteiger partial charge in [0.15, 0.2) is 0 Å². The maximum absolute atomic E-state index is 10.3. The number of nitrogens with two attached hydrogens (primary N) is 1.